The quantitative estimate of drug-likeness (QED) is 0.807. The van der Waals surface area contributed by atoms with Crippen LogP contribution in [0.2, 0.25) is 0 Å². The van der Waals surface area contributed by atoms with Crippen LogP contribution in [0.3, 0.4) is 0 Å². The Kier molecular flexibility index (Phi) is 6.09. The van der Waals surface area contributed by atoms with E-state index in [9.17, 15) is 19.5 Å². The smallest absolute Gasteiger partial charge is 0.436 e. The summed E-state index contributed by atoms with van der Waals surface area (Å²) >= 11 is 0. The predicted molar refractivity (Wildman–Crippen MR) is 106 cm³/mol. The van der Waals surface area contributed by atoms with E-state index in [4.69, 9.17) is 9.47 Å². The van der Waals surface area contributed by atoms with Crippen LogP contribution < -0.4 is 0 Å². The number of carboxylic acid groups (broad SMARTS) is 1. The maximum Gasteiger partial charge on any atom is 0.436 e. The Morgan fingerprint density at radius 2 is 1.87 bits per heavy atom. The summed E-state index contributed by atoms with van der Waals surface area (Å²) in [4.78, 5) is 38.1. The standard InChI is InChI=1S/C21H25N3O6/c1-21(2,3)30-20(28)24-17(18(25)26)12-15(22-24)16-10-7-11-23(16)19(27)29-13-14-8-5-4-6-9-14/h4-6,8-9,12,16H,7,10-11,13H2,1-3H3,(H,25,26)/t16-/m1/s1. The summed E-state index contributed by atoms with van der Waals surface area (Å²) in [6.07, 6.45) is -0.0927. The van der Waals surface area contributed by atoms with Gasteiger partial charge in [-0.2, -0.15) is 9.78 Å². The fourth-order valence-corrected chi connectivity index (χ4v) is 3.25. The van der Waals surface area contributed by atoms with Gasteiger partial charge in [-0.25, -0.2) is 14.4 Å². The highest BCUT2D eigenvalue weighted by atomic mass is 16.6. The van der Waals surface area contributed by atoms with Crippen molar-refractivity contribution in [3.05, 3.63) is 53.3 Å². The molecule has 30 heavy (non-hydrogen) atoms. The minimum atomic E-state index is -1.31. The van der Waals surface area contributed by atoms with Gasteiger partial charge < -0.3 is 14.6 Å². The van der Waals surface area contributed by atoms with Crippen molar-refractivity contribution in [3.8, 4) is 0 Å². The lowest BCUT2D eigenvalue weighted by molar-refractivity contribution is 0.0481. The number of ether oxygens (including phenoxy) is 2. The Labute approximate surface area is 174 Å². The van der Waals surface area contributed by atoms with Gasteiger partial charge in [0, 0.05) is 6.54 Å². The molecule has 0 aliphatic carbocycles. The highest BCUT2D eigenvalue weighted by molar-refractivity contribution is 5.90. The predicted octanol–water partition coefficient (Wildman–Crippen LogP) is 3.84. The Bertz CT molecular complexity index is 932. The first-order valence-electron chi connectivity index (χ1n) is 9.69. The molecule has 0 unspecified atom stereocenters. The van der Waals surface area contributed by atoms with Crippen molar-refractivity contribution in [2.45, 2.75) is 51.9 Å². The van der Waals surface area contributed by atoms with E-state index in [0.717, 1.165) is 10.2 Å². The molecule has 1 amide bonds. The van der Waals surface area contributed by atoms with Crippen molar-refractivity contribution in [1.29, 1.82) is 0 Å². The van der Waals surface area contributed by atoms with Crippen LogP contribution in [0.4, 0.5) is 9.59 Å². The number of carbonyl (C=O) groups excluding carboxylic acids is 2. The first-order valence-corrected chi connectivity index (χ1v) is 9.69. The summed E-state index contributed by atoms with van der Waals surface area (Å²) < 4.78 is 11.4. The Morgan fingerprint density at radius 3 is 2.50 bits per heavy atom. The number of amides is 1. The van der Waals surface area contributed by atoms with Crippen molar-refractivity contribution in [2.24, 2.45) is 0 Å². The number of carbonyl (C=O) groups is 3. The molecular formula is C21H25N3O6. The molecule has 1 aromatic heterocycles. The topological polar surface area (TPSA) is 111 Å². The number of hydrogen-bond donors (Lipinski definition) is 1. The molecule has 1 aliphatic heterocycles. The SMILES string of the molecule is CC(C)(C)OC(=O)n1nc([C@H]2CCCN2C(=O)OCc2ccccc2)cc1C(=O)O. The molecule has 160 valence electrons. The van der Waals surface area contributed by atoms with Gasteiger partial charge in [0.2, 0.25) is 0 Å². The monoisotopic (exact) mass is 415 g/mol. The van der Waals surface area contributed by atoms with Crippen LogP contribution in [-0.2, 0) is 16.1 Å². The van der Waals surface area contributed by atoms with E-state index in [1.165, 1.54) is 11.0 Å². The number of likely N-dealkylation sites (tertiary alicyclic amines) is 1. The van der Waals surface area contributed by atoms with Gasteiger partial charge in [0.1, 0.15) is 12.2 Å². The lowest BCUT2D eigenvalue weighted by Gasteiger charge is -2.22. The van der Waals surface area contributed by atoms with Gasteiger partial charge in [-0.1, -0.05) is 30.3 Å². The zero-order chi connectivity index (χ0) is 21.9. The fraction of sp³-hybridized carbons (Fsp3) is 0.429. The molecule has 0 bridgehead atoms. The van der Waals surface area contributed by atoms with E-state index < -0.39 is 29.8 Å². The van der Waals surface area contributed by atoms with Crippen molar-refractivity contribution in [1.82, 2.24) is 14.7 Å². The molecule has 9 nitrogen and oxygen atoms in total. The van der Waals surface area contributed by atoms with Crippen LogP contribution in [0, 0.1) is 0 Å². The average Bonchev–Trinajstić information content (AvgIpc) is 3.32. The molecule has 2 heterocycles. The van der Waals surface area contributed by atoms with Crippen molar-refractivity contribution >= 4 is 18.2 Å². The number of nitrogens with zero attached hydrogens (tertiary/aromatic N) is 3. The summed E-state index contributed by atoms with van der Waals surface area (Å²) in [5.41, 5.74) is 0.0553. The molecule has 0 radical (unpaired) electrons. The molecule has 1 aliphatic rings. The summed E-state index contributed by atoms with van der Waals surface area (Å²) in [5.74, 6) is -1.31. The normalized spacial score (nSPS) is 16.4. The lowest BCUT2D eigenvalue weighted by atomic mass is 10.1. The molecular weight excluding hydrogens is 390 g/mol. The average molecular weight is 415 g/mol. The van der Waals surface area contributed by atoms with E-state index in [-0.39, 0.29) is 12.3 Å². The lowest BCUT2D eigenvalue weighted by Crippen LogP contribution is -2.32. The van der Waals surface area contributed by atoms with Gasteiger partial charge in [0.25, 0.3) is 0 Å². The molecule has 1 aromatic carbocycles. The molecule has 1 saturated heterocycles. The van der Waals surface area contributed by atoms with E-state index in [2.05, 4.69) is 5.10 Å². The van der Waals surface area contributed by atoms with Crippen LogP contribution in [0.5, 0.6) is 0 Å². The van der Waals surface area contributed by atoms with E-state index in [1.807, 2.05) is 30.3 Å². The van der Waals surface area contributed by atoms with Gasteiger partial charge in [0.05, 0.1) is 11.7 Å². The Morgan fingerprint density at radius 1 is 1.17 bits per heavy atom. The zero-order valence-corrected chi connectivity index (χ0v) is 17.2. The van der Waals surface area contributed by atoms with Crippen molar-refractivity contribution < 1.29 is 29.0 Å². The second kappa shape index (κ2) is 8.56. The van der Waals surface area contributed by atoms with Crippen LogP contribution in [0.25, 0.3) is 0 Å². The molecule has 3 rings (SSSR count). The summed E-state index contributed by atoms with van der Waals surface area (Å²) in [6.45, 7) is 5.63. The summed E-state index contributed by atoms with van der Waals surface area (Å²) in [5, 5.41) is 13.6. The van der Waals surface area contributed by atoms with Gasteiger partial charge in [0.15, 0.2) is 5.69 Å². The van der Waals surface area contributed by atoms with E-state index >= 15 is 0 Å². The molecule has 1 fully saturated rings. The highest BCUT2D eigenvalue weighted by Gasteiger charge is 2.35. The van der Waals surface area contributed by atoms with Crippen LogP contribution in [-0.4, -0.2) is 50.1 Å². The maximum atomic E-state index is 12.6. The third kappa shape index (κ3) is 4.97. The molecule has 9 heteroatoms. The van der Waals surface area contributed by atoms with Crippen LogP contribution in [0.1, 0.15) is 61.4 Å². The number of aromatic carboxylic acids is 1. The van der Waals surface area contributed by atoms with Gasteiger partial charge in [-0.3, -0.25) is 4.90 Å². The summed E-state index contributed by atoms with van der Waals surface area (Å²) in [6, 6.07) is 10.1. The Balaban J connectivity index is 1.78. The maximum absolute atomic E-state index is 12.6. The number of hydrogen-bond acceptors (Lipinski definition) is 6. The number of carboxylic acids is 1. The van der Waals surface area contributed by atoms with Gasteiger partial charge >= 0.3 is 18.2 Å². The third-order valence-electron chi connectivity index (χ3n) is 4.55. The van der Waals surface area contributed by atoms with Crippen molar-refractivity contribution in [3.63, 3.8) is 0 Å². The Hall–Kier alpha value is -3.36. The molecule has 2 aromatic rings. The highest BCUT2D eigenvalue weighted by Crippen LogP contribution is 2.32. The molecule has 0 spiro atoms. The largest absolute Gasteiger partial charge is 0.477 e. The fourth-order valence-electron chi connectivity index (χ4n) is 3.25. The number of rotatable bonds is 4. The number of benzene rings is 1. The van der Waals surface area contributed by atoms with Gasteiger partial charge in [-0.15, -0.1) is 0 Å². The van der Waals surface area contributed by atoms with Crippen LogP contribution in [0.15, 0.2) is 36.4 Å². The van der Waals surface area contributed by atoms with Crippen molar-refractivity contribution in [2.75, 3.05) is 6.54 Å². The van der Waals surface area contributed by atoms with E-state index in [0.29, 0.717) is 25.1 Å². The first-order chi connectivity index (χ1) is 14.2. The molecule has 1 atom stereocenters. The zero-order valence-electron chi connectivity index (χ0n) is 17.2. The summed E-state index contributed by atoms with van der Waals surface area (Å²) in [7, 11) is 0. The molecule has 0 saturated carbocycles. The first kappa shape index (κ1) is 21.4. The minimum Gasteiger partial charge on any atom is -0.477 e. The minimum absolute atomic E-state index is 0.135. The van der Waals surface area contributed by atoms with E-state index in [1.54, 1.807) is 20.8 Å². The second-order valence-corrected chi connectivity index (χ2v) is 8.04. The number of aromatic nitrogens is 2. The second-order valence-electron chi connectivity index (χ2n) is 8.04. The van der Waals surface area contributed by atoms with Gasteiger partial charge in [-0.05, 0) is 45.2 Å². The van der Waals surface area contributed by atoms with Crippen LogP contribution >= 0.6 is 0 Å². The third-order valence-corrected chi connectivity index (χ3v) is 4.55. The molecule has 1 N–H and O–H groups in total.